The molecule has 0 fully saturated rings. The first-order valence-corrected chi connectivity index (χ1v) is 12.0. The minimum Gasteiger partial charge on any atom is -0.350 e. The second-order valence-corrected chi connectivity index (χ2v) is 9.94. The molecule has 0 spiro atoms. The third kappa shape index (κ3) is 5.02. The highest BCUT2D eigenvalue weighted by Gasteiger charge is 2.32. The van der Waals surface area contributed by atoms with Gasteiger partial charge in [-0.1, -0.05) is 56.3 Å². The average molecular weight is 455 g/mol. The van der Waals surface area contributed by atoms with E-state index < -0.39 is 10.0 Å². The average Bonchev–Trinajstić information content (AvgIpc) is 3.03. The molecule has 1 amide bonds. The van der Waals surface area contributed by atoms with Crippen LogP contribution < -0.4 is 9.62 Å². The molecular weight excluding hydrogens is 424 g/mol. The van der Waals surface area contributed by atoms with E-state index in [0.29, 0.717) is 29.5 Å². The van der Waals surface area contributed by atoms with Gasteiger partial charge < -0.3 is 5.32 Å². The third-order valence-corrected chi connectivity index (χ3v) is 7.49. The van der Waals surface area contributed by atoms with Gasteiger partial charge in [0.1, 0.15) is 11.4 Å². The Morgan fingerprint density at radius 3 is 2.22 bits per heavy atom. The van der Waals surface area contributed by atoms with Crippen molar-refractivity contribution in [3.63, 3.8) is 0 Å². The molecule has 0 bridgehead atoms. The zero-order valence-electron chi connectivity index (χ0n) is 19.2. The summed E-state index contributed by atoms with van der Waals surface area (Å²) in [6.07, 6.45) is 0. The van der Waals surface area contributed by atoms with Crippen LogP contribution in [0.1, 0.15) is 42.3 Å². The quantitative estimate of drug-likeness (QED) is 0.563. The number of rotatable bonds is 8. The summed E-state index contributed by atoms with van der Waals surface area (Å²) in [7, 11) is -2.31. The third-order valence-electron chi connectivity index (χ3n) is 5.46. The van der Waals surface area contributed by atoms with Gasteiger partial charge in [0, 0.05) is 13.6 Å². The van der Waals surface area contributed by atoms with Crippen molar-refractivity contribution in [3.8, 4) is 0 Å². The lowest BCUT2D eigenvalue weighted by molar-refractivity contribution is -0.119. The van der Waals surface area contributed by atoms with E-state index in [1.54, 1.807) is 33.0 Å². The van der Waals surface area contributed by atoms with Crippen LogP contribution in [0.2, 0.25) is 0 Å². The second kappa shape index (κ2) is 9.56. The fourth-order valence-electron chi connectivity index (χ4n) is 3.56. The Kier molecular flexibility index (Phi) is 7.03. The lowest BCUT2D eigenvalue weighted by Gasteiger charge is -2.24. The van der Waals surface area contributed by atoms with Crippen LogP contribution in [0, 0.1) is 13.8 Å². The SMILES string of the molecule is Cc1nn(C)c(C)c1S(=O)(=O)N(CC(=O)NCc1ccccc1)c1ccc(C(C)C)cc1. The van der Waals surface area contributed by atoms with Crippen LogP contribution in [0.25, 0.3) is 0 Å². The maximum absolute atomic E-state index is 13.7. The minimum atomic E-state index is -4.02. The number of hydrogen-bond donors (Lipinski definition) is 1. The maximum Gasteiger partial charge on any atom is 0.268 e. The molecule has 3 rings (SSSR count). The molecule has 1 heterocycles. The lowest BCUT2D eigenvalue weighted by Crippen LogP contribution is -2.41. The predicted molar refractivity (Wildman–Crippen MR) is 126 cm³/mol. The Bertz CT molecular complexity index is 1180. The molecule has 0 aliphatic carbocycles. The second-order valence-electron chi connectivity index (χ2n) is 8.14. The van der Waals surface area contributed by atoms with Crippen molar-refractivity contribution in [1.82, 2.24) is 15.1 Å². The Balaban J connectivity index is 1.94. The van der Waals surface area contributed by atoms with Crippen molar-refractivity contribution in [1.29, 1.82) is 0 Å². The molecule has 1 aromatic heterocycles. The monoisotopic (exact) mass is 454 g/mol. The highest BCUT2D eigenvalue weighted by atomic mass is 32.2. The van der Waals surface area contributed by atoms with E-state index in [4.69, 9.17) is 0 Å². The van der Waals surface area contributed by atoms with Gasteiger partial charge in [0.2, 0.25) is 5.91 Å². The molecule has 0 saturated carbocycles. The van der Waals surface area contributed by atoms with Gasteiger partial charge in [-0.2, -0.15) is 5.10 Å². The van der Waals surface area contributed by atoms with Gasteiger partial charge in [0.25, 0.3) is 10.0 Å². The molecule has 0 unspecified atom stereocenters. The number of amides is 1. The molecule has 0 saturated heterocycles. The van der Waals surface area contributed by atoms with Crippen molar-refractivity contribution in [2.75, 3.05) is 10.8 Å². The number of carbonyl (C=O) groups is 1. The number of benzene rings is 2. The molecular formula is C24H30N4O3S. The molecule has 0 aliphatic rings. The maximum atomic E-state index is 13.7. The first kappa shape index (κ1) is 23.5. The standard InChI is InChI=1S/C24H30N4O3S/c1-17(2)21-11-13-22(14-12-21)28(16-23(29)25-15-20-9-7-6-8-10-20)32(30,31)24-18(3)26-27(5)19(24)4/h6-14,17H,15-16H2,1-5H3,(H,25,29). The number of sulfonamides is 1. The molecule has 0 aliphatic heterocycles. The Hall–Kier alpha value is -3.13. The number of nitrogens with one attached hydrogen (secondary N) is 1. The summed E-state index contributed by atoms with van der Waals surface area (Å²) in [6.45, 7) is 7.51. The number of hydrogen-bond acceptors (Lipinski definition) is 4. The minimum absolute atomic E-state index is 0.129. The van der Waals surface area contributed by atoms with Crippen LogP contribution in [0.5, 0.6) is 0 Å². The molecule has 170 valence electrons. The van der Waals surface area contributed by atoms with Crippen LogP contribution in [0.4, 0.5) is 5.69 Å². The van der Waals surface area contributed by atoms with E-state index in [-0.39, 0.29) is 17.3 Å². The molecule has 32 heavy (non-hydrogen) atoms. The molecule has 0 atom stereocenters. The number of carbonyl (C=O) groups excluding carboxylic acids is 1. The largest absolute Gasteiger partial charge is 0.350 e. The van der Waals surface area contributed by atoms with Crippen molar-refractivity contribution in [2.24, 2.45) is 7.05 Å². The molecule has 2 aromatic carbocycles. The molecule has 7 nitrogen and oxygen atoms in total. The molecule has 1 N–H and O–H groups in total. The van der Waals surface area contributed by atoms with Crippen molar-refractivity contribution in [3.05, 3.63) is 77.1 Å². The van der Waals surface area contributed by atoms with E-state index in [9.17, 15) is 13.2 Å². The van der Waals surface area contributed by atoms with E-state index in [1.165, 1.54) is 4.68 Å². The summed E-state index contributed by atoms with van der Waals surface area (Å²) in [5.74, 6) is -0.0735. The van der Waals surface area contributed by atoms with Crippen molar-refractivity contribution >= 4 is 21.6 Å². The topological polar surface area (TPSA) is 84.3 Å². The number of aromatic nitrogens is 2. The number of aryl methyl sites for hydroxylation is 2. The van der Waals surface area contributed by atoms with E-state index in [2.05, 4.69) is 24.3 Å². The van der Waals surface area contributed by atoms with Crippen LogP contribution in [-0.4, -0.2) is 30.7 Å². The van der Waals surface area contributed by atoms with Gasteiger partial charge >= 0.3 is 0 Å². The van der Waals surface area contributed by atoms with Crippen LogP contribution in [0.3, 0.4) is 0 Å². The van der Waals surface area contributed by atoms with Gasteiger partial charge in [0.05, 0.1) is 17.1 Å². The van der Waals surface area contributed by atoms with Crippen LogP contribution in [0.15, 0.2) is 59.5 Å². The molecule has 3 aromatic rings. The Morgan fingerprint density at radius 1 is 1.06 bits per heavy atom. The van der Waals surface area contributed by atoms with Crippen LogP contribution >= 0.6 is 0 Å². The normalized spacial score (nSPS) is 11.6. The van der Waals surface area contributed by atoms with Crippen molar-refractivity contribution < 1.29 is 13.2 Å². The Labute approximate surface area is 190 Å². The fourth-order valence-corrected chi connectivity index (χ4v) is 5.39. The smallest absolute Gasteiger partial charge is 0.268 e. The van der Waals surface area contributed by atoms with Gasteiger partial charge in [-0.25, -0.2) is 8.42 Å². The van der Waals surface area contributed by atoms with Gasteiger partial charge in [-0.05, 0) is 43.0 Å². The predicted octanol–water partition coefficient (Wildman–Crippen LogP) is 3.67. The van der Waals surface area contributed by atoms with E-state index in [0.717, 1.165) is 15.4 Å². The highest BCUT2D eigenvalue weighted by molar-refractivity contribution is 7.93. The summed E-state index contributed by atoms with van der Waals surface area (Å²) < 4.78 is 30.1. The summed E-state index contributed by atoms with van der Waals surface area (Å²) in [4.78, 5) is 12.9. The summed E-state index contributed by atoms with van der Waals surface area (Å²) >= 11 is 0. The first-order chi connectivity index (χ1) is 15.1. The van der Waals surface area contributed by atoms with E-state index >= 15 is 0 Å². The number of anilines is 1. The lowest BCUT2D eigenvalue weighted by atomic mass is 10.0. The molecule has 8 heteroatoms. The molecule has 0 radical (unpaired) electrons. The zero-order chi connectivity index (χ0) is 23.5. The summed E-state index contributed by atoms with van der Waals surface area (Å²) in [5.41, 5.74) is 3.39. The van der Waals surface area contributed by atoms with Gasteiger partial charge in [0.15, 0.2) is 0 Å². The van der Waals surface area contributed by atoms with E-state index in [1.807, 2.05) is 42.5 Å². The summed E-state index contributed by atoms with van der Waals surface area (Å²) in [6, 6.07) is 16.8. The summed E-state index contributed by atoms with van der Waals surface area (Å²) in [5, 5.41) is 7.08. The number of nitrogens with zero attached hydrogens (tertiary/aromatic N) is 3. The first-order valence-electron chi connectivity index (χ1n) is 10.5. The fraction of sp³-hybridized carbons (Fsp3) is 0.333. The van der Waals surface area contributed by atoms with Crippen molar-refractivity contribution in [2.45, 2.75) is 45.1 Å². The van der Waals surface area contributed by atoms with Crippen LogP contribution in [-0.2, 0) is 28.4 Å². The zero-order valence-corrected chi connectivity index (χ0v) is 20.0. The van der Waals surface area contributed by atoms with Gasteiger partial charge in [-0.15, -0.1) is 0 Å². The Morgan fingerprint density at radius 2 is 1.69 bits per heavy atom. The van der Waals surface area contributed by atoms with Gasteiger partial charge in [-0.3, -0.25) is 13.8 Å². The highest BCUT2D eigenvalue weighted by Crippen LogP contribution is 2.29.